The van der Waals surface area contributed by atoms with Crippen LogP contribution in [0.15, 0.2) is 29.4 Å². The summed E-state index contributed by atoms with van der Waals surface area (Å²) >= 11 is 1.60. The lowest BCUT2D eigenvalue weighted by Crippen LogP contribution is -2.44. The molecule has 0 aliphatic heterocycles. The first-order valence-electron chi connectivity index (χ1n) is 6.69. The Morgan fingerprint density at radius 3 is 2.85 bits per heavy atom. The summed E-state index contributed by atoms with van der Waals surface area (Å²) in [7, 11) is 0. The fraction of sp³-hybridized carbons (Fsp3) is 0.429. The van der Waals surface area contributed by atoms with Gasteiger partial charge in [-0.05, 0) is 18.6 Å². The first kappa shape index (κ1) is 14.9. The Hall–Kier alpha value is -1.53. The molecule has 1 unspecified atom stereocenters. The fourth-order valence-corrected chi connectivity index (χ4v) is 2.87. The number of hydrogen-bond acceptors (Lipinski definition) is 4. The number of para-hydroxylation sites is 2. The SMILES string of the molecule is CC(C)NC(CCSc1nc2ccccc2[nH]1)C(N)=O. The maximum Gasteiger partial charge on any atom is 0.234 e. The molecule has 0 bridgehead atoms. The lowest BCUT2D eigenvalue weighted by Gasteiger charge is -2.17. The molecule has 108 valence electrons. The molecule has 1 heterocycles. The number of nitrogens with two attached hydrogens (primary N) is 1. The van der Waals surface area contributed by atoms with E-state index in [1.807, 2.05) is 38.1 Å². The summed E-state index contributed by atoms with van der Waals surface area (Å²) in [6, 6.07) is 7.87. The van der Waals surface area contributed by atoms with Gasteiger partial charge in [-0.1, -0.05) is 37.7 Å². The third kappa shape index (κ3) is 3.98. The van der Waals surface area contributed by atoms with Crippen LogP contribution in [0.4, 0.5) is 0 Å². The second-order valence-corrected chi connectivity index (χ2v) is 6.06. The van der Waals surface area contributed by atoms with Crippen LogP contribution in [0.1, 0.15) is 20.3 Å². The summed E-state index contributed by atoms with van der Waals surface area (Å²) in [5.41, 5.74) is 7.38. The van der Waals surface area contributed by atoms with Gasteiger partial charge in [0.15, 0.2) is 5.16 Å². The van der Waals surface area contributed by atoms with Gasteiger partial charge in [-0.2, -0.15) is 0 Å². The van der Waals surface area contributed by atoms with E-state index in [9.17, 15) is 4.79 Å². The molecule has 2 aromatic rings. The van der Waals surface area contributed by atoms with E-state index in [4.69, 9.17) is 5.73 Å². The van der Waals surface area contributed by atoms with Gasteiger partial charge < -0.3 is 16.0 Å². The van der Waals surface area contributed by atoms with Crippen molar-refractivity contribution in [1.82, 2.24) is 15.3 Å². The van der Waals surface area contributed by atoms with Gasteiger partial charge in [0.05, 0.1) is 17.1 Å². The molecule has 5 nitrogen and oxygen atoms in total. The normalized spacial score (nSPS) is 12.9. The van der Waals surface area contributed by atoms with E-state index in [0.717, 1.165) is 21.9 Å². The zero-order chi connectivity index (χ0) is 14.5. The van der Waals surface area contributed by atoms with Crippen LogP contribution in [0, 0.1) is 0 Å². The number of nitrogens with zero attached hydrogens (tertiary/aromatic N) is 1. The van der Waals surface area contributed by atoms with Gasteiger partial charge >= 0.3 is 0 Å². The number of thioether (sulfide) groups is 1. The van der Waals surface area contributed by atoms with Crippen molar-refractivity contribution in [2.24, 2.45) is 5.73 Å². The molecule has 0 aliphatic carbocycles. The number of amides is 1. The van der Waals surface area contributed by atoms with Crippen molar-refractivity contribution in [3.05, 3.63) is 24.3 Å². The molecule has 0 aliphatic rings. The zero-order valence-corrected chi connectivity index (χ0v) is 12.5. The first-order valence-corrected chi connectivity index (χ1v) is 7.67. The second kappa shape index (κ2) is 6.76. The van der Waals surface area contributed by atoms with E-state index >= 15 is 0 Å². The lowest BCUT2D eigenvalue weighted by molar-refractivity contribution is -0.120. The topological polar surface area (TPSA) is 83.8 Å². The maximum atomic E-state index is 11.3. The van der Waals surface area contributed by atoms with E-state index < -0.39 is 0 Å². The molecule has 1 aromatic heterocycles. The number of nitrogens with one attached hydrogen (secondary N) is 2. The number of rotatable bonds is 7. The molecule has 0 spiro atoms. The molecular weight excluding hydrogens is 272 g/mol. The molecule has 0 saturated carbocycles. The van der Waals surface area contributed by atoms with Crippen LogP contribution < -0.4 is 11.1 Å². The van der Waals surface area contributed by atoms with Crippen molar-refractivity contribution >= 4 is 28.7 Å². The van der Waals surface area contributed by atoms with Crippen LogP contribution >= 0.6 is 11.8 Å². The van der Waals surface area contributed by atoms with Crippen LogP contribution in [-0.4, -0.2) is 33.7 Å². The Bertz CT molecular complexity index is 548. The number of carbonyl (C=O) groups excluding carboxylic acids is 1. The van der Waals surface area contributed by atoms with E-state index in [2.05, 4.69) is 15.3 Å². The van der Waals surface area contributed by atoms with Gasteiger partial charge in [0, 0.05) is 11.8 Å². The monoisotopic (exact) mass is 292 g/mol. The van der Waals surface area contributed by atoms with E-state index in [1.54, 1.807) is 11.8 Å². The summed E-state index contributed by atoms with van der Waals surface area (Å²) in [5.74, 6) is 0.483. The predicted molar refractivity (Wildman–Crippen MR) is 82.7 cm³/mol. The standard InChI is InChI=1S/C14H20N4OS/c1-9(2)16-12(13(15)19)7-8-20-14-17-10-5-3-4-6-11(10)18-14/h3-6,9,12,16H,7-8H2,1-2H3,(H2,15,19)(H,17,18). The summed E-state index contributed by atoms with van der Waals surface area (Å²) in [5, 5.41) is 4.05. The van der Waals surface area contributed by atoms with Gasteiger partial charge in [0.25, 0.3) is 0 Å². The van der Waals surface area contributed by atoms with Crippen molar-refractivity contribution in [2.45, 2.75) is 37.5 Å². The van der Waals surface area contributed by atoms with Crippen LogP contribution in [0.25, 0.3) is 11.0 Å². The van der Waals surface area contributed by atoms with Gasteiger partial charge in [-0.15, -0.1) is 0 Å². The summed E-state index contributed by atoms with van der Waals surface area (Å²) < 4.78 is 0. The zero-order valence-electron chi connectivity index (χ0n) is 11.7. The van der Waals surface area contributed by atoms with Crippen molar-refractivity contribution in [2.75, 3.05) is 5.75 Å². The van der Waals surface area contributed by atoms with Gasteiger partial charge in [-0.25, -0.2) is 4.98 Å². The van der Waals surface area contributed by atoms with Gasteiger partial charge in [0.1, 0.15) is 0 Å². The Balaban J connectivity index is 1.89. The molecular formula is C14H20N4OS. The number of aromatic nitrogens is 2. The average molecular weight is 292 g/mol. The molecule has 0 fully saturated rings. The Morgan fingerprint density at radius 2 is 2.20 bits per heavy atom. The predicted octanol–water partition coefficient (Wildman–Crippen LogP) is 1.90. The molecule has 1 amide bonds. The highest BCUT2D eigenvalue weighted by Crippen LogP contribution is 2.20. The minimum atomic E-state index is -0.302. The maximum absolute atomic E-state index is 11.3. The number of hydrogen-bond donors (Lipinski definition) is 3. The quantitative estimate of drug-likeness (QED) is 0.681. The molecule has 20 heavy (non-hydrogen) atoms. The highest BCUT2D eigenvalue weighted by molar-refractivity contribution is 7.99. The molecule has 0 radical (unpaired) electrons. The highest BCUT2D eigenvalue weighted by Gasteiger charge is 2.16. The summed E-state index contributed by atoms with van der Waals surface area (Å²) in [6.07, 6.45) is 0.690. The average Bonchev–Trinajstić information content (AvgIpc) is 2.79. The number of benzene rings is 1. The van der Waals surface area contributed by atoms with E-state index in [0.29, 0.717) is 6.42 Å². The number of H-pyrrole nitrogens is 1. The number of aromatic amines is 1. The van der Waals surface area contributed by atoms with E-state index in [-0.39, 0.29) is 18.0 Å². The Kier molecular flexibility index (Phi) is 5.03. The van der Waals surface area contributed by atoms with Gasteiger partial charge in [-0.3, -0.25) is 4.79 Å². The van der Waals surface area contributed by atoms with E-state index in [1.165, 1.54) is 0 Å². The third-order valence-electron chi connectivity index (χ3n) is 2.89. The van der Waals surface area contributed by atoms with Crippen LogP contribution in [0.3, 0.4) is 0 Å². The Morgan fingerprint density at radius 1 is 1.45 bits per heavy atom. The minimum absolute atomic E-state index is 0.240. The van der Waals surface area contributed by atoms with Crippen molar-refractivity contribution in [3.8, 4) is 0 Å². The molecule has 1 aromatic carbocycles. The number of carbonyl (C=O) groups is 1. The van der Waals surface area contributed by atoms with Crippen LogP contribution in [-0.2, 0) is 4.79 Å². The number of fused-ring (bicyclic) bond motifs is 1. The highest BCUT2D eigenvalue weighted by atomic mass is 32.2. The van der Waals surface area contributed by atoms with Gasteiger partial charge in [0.2, 0.25) is 5.91 Å². The second-order valence-electron chi connectivity index (χ2n) is 4.97. The molecule has 2 rings (SSSR count). The van der Waals surface area contributed by atoms with Crippen LogP contribution in [0.2, 0.25) is 0 Å². The molecule has 4 N–H and O–H groups in total. The minimum Gasteiger partial charge on any atom is -0.368 e. The summed E-state index contributed by atoms with van der Waals surface area (Å²) in [4.78, 5) is 19.1. The number of primary amides is 1. The Labute approximate surface area is 122 Å². The molecule has 6 heteroatoms. The third-order valence-corrected chi connectivity index (χ3v) is 3.80. The smallest absolute Gasteiger partial charge is 0.234 e. The fourth-order valence-electron chi connectivity index (χ4n) is 1.98. The lowest BCUT2D eigenvalue weighted by atomic mass is 10.2. The van der Waals surface area contributed by atoms with Crippen LogP contribution in [0.5, 0.6) is 0 Å². The number of imidazole rings is 1. The molecule has 1 atom stereocenters. The van der Waals surface area contributed by atoms with Crippen molar-refractivity contribution in [3.63, 3.8) is 0 Å². The van der Waals surface area contributed by atoms with Crippen molar-refractivity contribution < 1.29 is 4.79 Å². The largest absolute Gasteiger partial charge is 0.368 e. The van der Waals surface area contributed by atoms with Crippen molar-refractivity contribution in [1.29, 1.82) is 0 Å². The first-order chi connectivity index (χ1) is 9.56. The summed E-state index contributed by atoms with van der Waals surface area (Å²) in [6.45, 7) is 4.00. The molecule has 0 saturated heterocycles.